The number of fused-ring (bicyclic) bond motifs is 3. The largest absolute Gasteiger partial charge is 0.508 e. The number of aromatic hydroxyl groups is 1. The van der Waals surface area contributed by atoms with Gasteiger partial charge in [0.25, 0.3) is 0 Å². The summed E-state index contributed by atoms with van der Waals surface area (Å²) in [6, 6.07) is 22.4. The topological polar surface area (TPSA) is 37.2 Å². The number of aromatic nitrogens is 1. The van der Waals surface area contributed by atoms with E-state index in [9.17, 15) is 5.11 Å². The SMILES string of the molecule is CCn1c2ccccc2c2cc(NCc3ccccc3O)ccc21. The lowest BCUT2D eigenvalue weighted by Gasteiger charge is -2.09. The number of aryl methyl sites for hydroxylation is 1. The van der Waals surface area contributed by atoms with E-state index in [-0.39, 0.29) is 0 Å². The van der Waals surface area contributed by atoms with Crippen LogP contribution in [0.3, 0.4) is 0 Å². The molecule has 1 aromatic heterocycles. The first-order chi connectivity index (χ1) is 11.8. The Kier molecular flexibility index (Phi) is 3.62. The fraction of sp³-hybridized carbons (Fsp3) is 0.143. The van der Waals surface area contributed by atoms with E-state index < -0.39 is 0 Å². The summed E-state index contributed by atoms with van der Waals surface area (Å²) < 4.78 is 2.34. The van der Waals surface area contributed by atoms with E-state index in [1.807, 2.05) is 18.2 Å². The summed E-state index contributed by atoms with van der Waals surface area (Å²) in [5.74, 6) is 0.327. The Bertz CT molecular complexity index is 1020. The van der Waals surface area contributed by atoms with E-state index >= 15 is 0 Å². The van der Waals surface area contributed by atoms with Gasteiger partial charge in [0.15, 0.2) is 0 Å². The van der Waals surface area contributed by atoms with Crippen LogP contribution in [0.5, 0.6) is 5.75 Å². The third-order valence-electron chi connectivity index (χ3n) is 4.56. The maximum Gasteiger partial charge on any atom is 0.120 e. The van der Waals surface area contributed by atoms with E-state index in [4.69, 9.17) is 0 Å². The van der Waals surface area contributed by atoms with Crippen molar-refractivity contribution in [2.75, 3.05) is 5.32 Å². The molecule has 0 bridgehead atoms. The van der Waals surface area contributed by atoms with Crippen molar-refractivity contribution >= 4 is 27.5 Å². The average molecular weight is 316 g/mol. The third-order valence-corrected chi connectivity index (χ3v) is 4.56. The number of nitrogens with zero attached hydrogens (tertiary/aromatic N) is 1. The Morgan fingerprint density at radius 2 is 1.62 bits per heavy atom. The monoisotopic (exact) mass is 316 g/mol. The van der Waals surface area contributed by atoms with Crippen molar-refractivity contribution in [2.24, 2.45) is 0 Å². The molecule has 0 saturated heterocycles. The molecule has 0 amide bonds. The summed E-state index contributed by atoms with van der Waals surface area (Å²) in [7, 11) is 0. The number of phenols is 1. The molecule has 24 heavy (non-hydrogen) atoms. The highest BCUT2D eigenvalue weighted by molar-refractivity contribution is 6.09. The van der Waals surface area contributed by atoms with Crippen molar-refractivity contribution in [1.29, 1.82) is 0 Å². The molecule has 3 nitrogen and oxygen atoms in total. The van der Waals surface area contributed by atoms with Crippen LogP contribution < -0.4 is 5.32 Å². The van der Waals surface area contributed by atoms with Gasteiger partial charge in [-0.15, -0.1) is 0 Å². The van der Waals surface area contributed by atoms with E-state index in [1.54, 1.807) is 6.07 Å². The molecule has 0 fully saturated rings. The lowest BCUT2D eigenvalue weighted by molar-refractivity contribution is 0.469. The average Bonchev–Trinajstić information content (AvgIpc) is 2.94. The van der Waals surface area contributed by atoms with Crippen molar-refractivity contribution in [3.8, 4) is 5.75 Å². The molecule has 0 saturated carbocycles. The smallest absolute Gasteiger partial charge is 0.120 e. The van der Waals surface area contributed by atoms with Crippen molar-refractivity contribution in [2.45, 2.75) is 20.0 Å². The van der Waals surface area contributed by atoms with Crippen molar-refractivity contribution < 1.29 is 5.11 Å². The number of benzene rings is 3. The molecule has 0 aliphatic heterocycles. The Labute approximate surface area is 141 Å². The minimum absolute atomic E-state index is 0.327. The summed E-state index contributed by atoms with van der Waals surface area (Å²) in [4.78, 5) is 0. The zero-order valence-corrected chi connectivity index (χ0v) is 13.7. The number of para-hydroxylation sites is 2. The molecule has 0 atom stereocenters. The number of nitrogens with one attached hydrogen (secondary N) is 1. The lowest BCUT2D eigenvalue weighted by Crippen LogP contribution is -1.99. The lowest BCUT2D eigenvalue weighted by atomic mass is 10.1. The standard InChI is InChI=1S/C21H20N2O/c1-2-23-19-9-5-4-8-17(19)18-13-16(11-12-20(18)23)22-14-15-7-3-6-10-21(15)24/h3-13,22,24H,2,14H2,1H3. The molecule has 0 unspecified atom stereocenters. The highest BCUT2D eigenvalue weighted by atomic mass is 16.3. The molecule has 0 spiro atoms. The summed E-state index contributed by atoms with van der Waals surface area (Å²) in [5.41, 5.74) is 4.48. The van der Waals surface area contributed by atoms with Gasteiger partial charge in [-0.1, -0.05) is 36.4 Å². The molecule has 1 heterocycles. The van der Waals surface area contributed by atoms with E-state index in [1.165, 1.54) is 21.8 Å². The van der Waals surface area contributed by atoms with Gasteiger partial charge in [0.05, 0.1) is 0 Å². The molecule has 4 aromatic rings. The predicted octanol–water partition coefficient (Wildman–Crippen LogP) is 5.13. The maximum absolute atomic E-state index is 9.89. The first kappa shape index (κ1) is 14.6. The third kappa shape index (κ3) is 2.38. The van der Waals surface area contributed by atoms with Crippen LogP contribution >= 0.6 is 0 Å². The molecule has 4 rings (SSSR count). The summed E-state index contributed by atoms with van der Waals surface area (Å²) >= 11 is 0. The van der Waals surface area contributed by atoms with Gasteiger partial charge in [0, 0.05) is 46.1 Å². The molecular weight excluding hydrogens is 296 g/mol. The second-order valence-corrected chi connectivity index (χ2v) is 5.98. The second kappa shape index (κ2) is 5.93. The fourth-order valence-corrected chi connectivity index (χ4v) is 3.36. The van der Waals surface area contributed by atoms with Gasteiger partial charge in [-0.2, -0.15) is 0 Å². The number of hydrogen-bond acceptors (Lipinski definition) is 2. The van der Waals surface area contributed by atoms with Gasteiger partial charge in [-0.3, -0.25) is 0 Å². The second-order valence-electron chi connectivity index (χ2n) is 5.98. The van der Waals surface area contributed by atoms with Gasteiger partial charge in [0.2, 0.25) is 0 Å². The van der Waals surface area contributed by atoms with Crippen molar-refractivity contribution in [1.82, 2.24) is 4.57 Å². The van der Waals surface area contributed by atoms with Crippen LogP contribution in [0.1, 0.15) is 12.5 Å². The Balaban J connectivity index is 1.73. The first-order valence-corrected chi connectivity index (χ1v) is 8.29. The van der Waals surface area contributed by atoms with Gasteiger partial charge in [-0.25, -0.2) is 0 Å². The maximum atomic E-state index is 9.89. The van der Waals surface area contributed by atoms with E-state index in [0.29, 0.717) is 12.3 Å². The van der Waals surface area contributed by atoms with Crippen LogP contribution in [0.4, 0.5) is 5.69 Å². The Hall–Kier alpha value is -2.94. The molecule has 2 N–H and O–H groups in total. The van der Waals surface area contributed by atoms with Crippen molar-refractivity contribution in [3.63, 3.8) is 0 Å². The molecule has 0 aliphatic rings. The number of anilines is 1. The van der Waals surface area contributed by atoms with Crippen LogP contribution in [-0.4, -0.2) is 9.67 Å². The summed E-state index contributed by atoms with van der Waals surface area (Å²) in [6.45, 7) is 3.73. The molecule has 3 heteroatoms. The zero-order valence-electron chi connectivity index (χ0n) is 13.7. The number of phenolic OH excluding ortho intramolecular Hbond substituents is 1. The minimum Gasteiger partial charge on any atom is -0.508 e. The highest BCUT2D eigenvalue weighted by Gasteiger charge is 2.09. The Morgan fingerprint density at radius 3 is 2.46 bits per heavy atom. The van der Waals surface area contributed by atoms with Gasteiger partial charge in [0.1, 0.15) is 5.75 Å². The van der Waals surface area contributed by atoms with Crippen LogP contribution in [0.15, 0.2) is 66.7 Å². The van der Waals surface area contributed by atoms with Gasteiger partial charge in [-0.05, 0) is 37.3 Å². The predicted molar refractivity (Wildman–Crippen MR) is 101 cm³/mol. The van der Waals surface area contributed by atoms with Crippen LogP contribution in [0.25, 0.3) is 21.8 Å². The van der Waals surface area contributed by atoms with Crippen LogP contribution in [0, 0.1) is 0 Å². The van der Waals surface area contributed by atoms with E-state index in [2.05, 4.69) is 59.3 Å². The minimum atomic E-state index is 0.327. The van der Waals surface area contributed by atoms with E-state index in [0.717, 1.165) is 17.8 Å². The normalized spacial score (nSPS) is 11.2. The molecule has 3 aromatic carbocycles. The van der Waals surface area contributed by atoms with Crippen molar-refractivity contribution in [3.05, 3.63) is 72.3 Å². The molecule has 0 radical (unpaired) electrons. The highest BCUT2D eigenvalue weighted by Crippen LogP contribution is 2.31. The molecular formula is C21H20N2O. The van der Waals surface area contributed by atoms with Gasteiger partial charge < -0.3 is 15.0 Å². The van der Waals surface area contributed by atoms with Gasteiger partial charge >= 0.3 is 0 Å². The number of rotatable bonds is 4. The molecule has 0 aliphatic carbocycles. The quantitative estimate of drug-likeness (QED) is 0.547. The summed E-state index contributed by atoms with van der Waals surface area (Å²) in [6.07, 6.45) is 0. The zero-order chi connectivity index (χ0) is 16.5. The van der Waals surface area contributed by atoms with Crippen LogP contribution in [0.2, 0.25) is 0 Å². The molecule has 120 valence electrons. The first-order valence-electron chi connectivity index (χ1n) is 8.29. The number of hydrogen-bond donors (Lipinski definition) is 2. The summed E-state index contributed by atoms with van der Waals surface area (Å²) in [5, 5.41) is 15.8. The Morgan fingerprint density at radius 1 is 0.875 bits per heavy atom. The van der Waals surface area contributed by atoms with Crippen LogP contribution in [-0.2, 0) is 13.1 Å². The fourth-order valence-electron chi connectivity index (χ4n) is 3.36.